The summed E-state index contributed by atoms with van der Waals surface area (Å²) >= 11 is 0. The van der Waals surface area contributed by atoms with E-state index in [4.69, 9.17) is 0 Å². The Bertz CT molecular complexity index is 110. The molecule has 9 heavy (non-hydrogen) atoms. The molecule has 0 radical (unpaired) electrons. The number of hydrogen-bond donors (Lipinski definition) is 3. The SMILES string of the molecule is CNNCC1=NCCN1. The van der Waals surface area contributed by atoms with Crippen molar-refractivity contribution in [3.05, 3.63) is 0 Å². The van der Waals surface area contributed by atoms with Crippen molar-refractivity contribution in [2.75, 3.05) is 26.7 Å². The molecule has 0 bridgehead atoms. The van der Waals surface area contributed by atoms with Gasteiger partial charge in [0.2, 0.25) is 0 Å². The van der Waals surface area contributed by atoms with E-state index >= 15 is 0 Å². The standard InChI is InChI=1S/C5H12N4/c1-6-9-4-5-7-2-3-8-5/h6,9H,2-4H2,1H3,(H,7,8). The summed E-state index contributed by atoms with van der Waals surface area (Å²) in [7, 11) is 1.84. The van der Waals surface area contributed by atoms with Crippen LogP contribution in [0.5, 0.6) is 0 Å². The van der Waals surface area contributed by atoms with Crippen LogP contribution in [0.3, 0.4) is 0 Å². The van der Waals surface area contributed by atoms with E-state index in [9.17, 15) is 0 Å². The quantitative estimate of drug-likeness (QED) is 0.415. The molecule has 4 heteroatoms. The lowest BCUT2D eigenvalue weighted by Crippen LogP contribution is -2.37. The number of hydrazine groups is 1. The van der Waals surface area contributed by atoms with E-state index in [1.54, 1.807) is 0 Å². The average Bonchev–Trinajstić information content (AvgIpc) is 2.34. The first kappa shape index (κ1) is 6.51. The summed E-state index contributed by atoms with van der Waals surface area (Å²) in [6.07, 6.45) is 0. The molecule has 1 rings (SSSR count). The van der Waals surface area contributed by atoms with Gasteiger partial charge in [0.25, 0.3) is 0 Å². The molecule has 52 valence electrons. The molecule has 4 nitrogen and oxygen atoms in total. The van der Waals surface area contributed by atoms with Crippen LogP contribution in [0.1, 0.15) is 0 Å². The molecule has 0 aromatic rings. The number of nitrogens with zero attached hydrogens (tertiary/aromatic N) is 1. The molecule has 0 unspecified atom stereocenters. The first-order valence-electron chi connectivity index (χ1n) is 3.10. The molecule has 0 atom stereocenters. The van der Waals surface area contributed by atoms with Gasteiger partial charge >= 0.3 is 0 Å². The lowest BCUT2D eigenvalue weighted by atomic mass is 10.6. The van der Waals surface area contributed by atoms with Gasteiger partial charge in [-0.1, -0.05) is 0 Å². The highest BCUT2D eigenvalue weighted by Gasteiger charge is 2.01. The highest BCUT2D eigenvalue weighted by molar-refractivity contribution is 5.85. The van der Waals surface area contributed by atoms with E-state index in [-0.39, 0.29) is 0 Å². The van der Waals surface area contributed by atoms with Crippen molar-refractivity contribution in [3.8, 4) is 0 Å². The van der Waals surface area contributed by atoms with E-state index in [1.165, 1.54) is 0 Å². The second-order valence-electron chi connectivity index (χ2n) is 1.86. The monoisotopic (exact) mass is 128 g/mol. The number of aliphatic imine (C=N–C) groups is 1. The van der Waals surface area contributed by atoms with Crippen LogP contribution in [-0.4, -0.2) is 32.5 Å². The van der Waals surface area contributed by atoms with Gasteiger partial charge in [-0.15, -0.1) is 0 Å². The third kappa shape index (κ3) is 1.99. The zero-order valence-electron chi connectivity index (χ0n) is 5.57. The van der Waals surface area contributed by atoms with Crippen molar-refractivity contribution >= 4 is 5.84 Å². The maximum atomic E-state index is 4.18. The van der Waals surface area contributed by atoms with E-state index in [2.05, 4.69) is 21.2 Å². The Morgan fingerprint density at radius 2 is 2.67 bits per heavy atom. The van der Waals surface area contributed by atoms with Gasteiger partial charge < -0.3 is 5.32 Å². The van der Waals surface area contributed by atoms with E-state index in [1.807, 2.05) is 7.05 Å². The Morgan fingerprint density at radius 3 is 3.22 bits per heavy atom. The van der Waals surface area contributed by atoms with Crippen LogP contribution in [0.2, 0.25) is 0 Å². The third-order valence-corrected chi connectivity index (χ3v) is 1.18. The van der Waals surface area contributed by atoms with Crippen LogP contribution < -0.4 is 16.2 Å². The van der Waals surface area contributed by atoms with Crippen molar-refractivity contribution < 1.29 is 0 Å². The van der Waals surface area contributed by atoms with Crippen molar-refractivity contribution in [1.82, 2.24) is 16.2 Å². The molecule has 0 aliphatic carbocycles. The van der Waals surface area contributed by atoms with Gasteiger partial charge in [0, 0.05) is 6.54 Å². The third-order valence-electron chi connectivity index (χ3n) is 1.18. The Balaban J connectivity index is 2.11. The largest absolute Gasteiger partial charge is 0.371 e. The number of rotatable bonds is 3. The molecule has 0 saturated heterocycles. The maximum Gasteiger partial charge on any atom is 0.112 e. The predicted octanol–water partition coefficient (Wildman–Crippen LogP) is -1.29. The van der Waals surface area contributed by atoms with Gasteiger partial charge in [-0.2, -0.15) is 0 Å². The number of nitrogens with one attached hydrogen (secondary N) is 3. The fourth-order valence-corrected chi connectivity index (χ4v) is 0.737. The van der Waals surface area contributed by atoms with Gasteiger partial charge in [-0.3, -0.25) is 15.8 Å². The highest BCUT2D eigenvalue weighted by Crippen LogP contribution is 1.81. The molecule has 0 amide bonds. The summed E-state index contributed by atoms with van der Waals surface area (Å²) in [5.74, 6) is 1.05. The van der Waals surface area contributed by atoms with Crippen LogP contribution in [-0.2, 0) is 0 Å². The van der Waals surface area contributed by atoms with E-state index in [0.29, 0.717) is 0 Å². The molecule has 0 aromatic carbocycles. The molecule has 0 spiro atoms. The van der Waals surface area contributed by atoms with E-state index < -0.39 is 0 Å². The summed E-state index contributed by atoms with van der Waals surface area (Å²) < 4.78 is 0. The maximum absolute atomic E-state index is 4.18. The first-order chi connectivity index (χ1) is 4.43. The Morgan fingerprint density at radius 1 is 1.78 bits per heavy atom. The second kappa shape index (κ2) is 3.42. The topological polar surface area (TPSA) is 48.5 Å². The van der Waals surface area contributed by atoms with Crippen LogP contribution in [0.25, 0.3) is 0 Å². The number of hydrogen-bond acceptors (Lipinski definition) is 4. The van der Waals surface area contributed by atoms with Crippen LogP contribution in [0.4, 0.5) is 0 Å². The molecular formula is C5H12N4. The first-order valence-corrected chi connectivity index (χ1v) is 3.10. The molecule has 0 saturated carbocycles. The van der Waals surface area contributed by atoms with E-state index in [0.717, 1.165) is 25.5 Å². The zero-order valence-corrected chi connectivity index (χ0v) is 5.57. The van der Waals surface area contributed by atoms with Crippen LogP contribution in [0.15, 0.2) is 4.99 Å². The van der Waals surface area contributed by atoms with Gasteiger partial charge in [-0.25, -0.2) is 0 Å². The fourth-order valence-electron chi connectivity index (χ4n) is 0.737. The summed E-state index contributed by atoms with van der Waals surface area (Å²) in [5.41, 5.74) is 5.77. The number of amidine groups is 1. The van der Waals surface area contributed by atoms with Crippen LogP contribution >= 0.6 is 0 Å². The lowest BCUT2D eigenvalue weighted by molar-refractivity contribution is 0.654. The van der Waals surface area contributed by atoms with Gasteiger partial charge in [0.15, 0.2) is 0 Å². The van der Waals surface area contributed by atoms with Gasteiger partial charge in [0.1, 0.15) is 5.84 Å². The Hall–Kier alpha value is -0.610. The molecular weight excluding hydrogens is 116 g/mol. The summed E-state index contributed by atoms with van der Waals surface area (Å²) in [6, 6.07) is 0. The normalized spacial score (nSPS) is 17.2. The summed E-state index contributed by atoms with van der Waals surface area (Å²) in [5, 5.41) is 3.14. The Labute approximate surface area is 54.7 Å². The lowest BCUT2D eigenvalue weighted by Gasteiger charge is -2.01. The minimum Gasteiger partial charge on any atom is -0.371 e. The minimum atomic E-state index is 0.788. The smallest absolute Gasteiger partial charge is 0.112 e. The van der Waals surface area contributed by atoms with Crippen molar-refractivity contribution in [2.24, 2.45) is 4.99 Å². The molecule has 1 aliphatic heterocycles. The molecule has 0 fully saturated rings. The van der Waals surface area contributed by atoms with Crippen molar-refractivity contribution in [2.45, 2.75) is 0 Å². The highest BCUT2D eigenvalue weighted by atomic mass is 15.3. The molecule has 0 aromatic heterocycles. The van der Waals surface area contributed by atoms with Gasteiger partial charge in [-0.05, 0) is 7.05 Å². The van der Waals surface area contributed by atoms with Crippen molar-refractivity contribution in [3.63, 3.8) is 0 Å². The average molecular weight is 128 g/mol. The summed E-state index contributed by atoms with van der Waals surface area (Å²) in [4.78, 5) is 4.18. The molecule has 3 N–H and O–H groups in total. The van der Waals surface area contributed by atoms with Crippen LogP contribution in [0, 0.1) is 0 Å². The zero-order chi connectivity index (χ0) is 6.53. The summed E-state index contributed by atoms with van der Waals surface area (Å²) in [6.45, 7) is 2.69. The molecule has 1 aliphatic rings. The fraction of sp³-hybridized carbons (Fsp3) is 0.800. The Kier molecular flexibility index (Phi) is 2.48. The van der Waals surface area contributed by atoms with Gasteiger partial charge in [0.05, 0.1) is 13.1 Å². The minimum absolute atomic E-state index is 0.788. The van der Waals surface area contributed by atoms with Crippen molar-refractivity contribution in [1.29, 1.82) is 0 Å². The second-order valence-corrected chi connectivity index (χ2v) is 1.86. The molecule has 1 heterocycles. The predicted molar refractivity (Wildman–Crippen MR) is 37.4 cm³/mol.